The molecule has 0 bridgehead atoms. The van der Waals surface area contributed by atoms with Gasteiger partial charge in [-0.2, -0.15) is 0 Å². The zero-order valence-corrected chi connectivity index (χ0v) is 37.1. The summed E-state index contributed by atoms with van der Waals surface area (Å²) in [4.78, 5) is 0. The Bertz CT molecular complexity index is 3390. The van der Waals surface area contributed by atoms with Crippen LogP contribution in [0.25, 0.3) is 89.0 Å². The first-order valence-corrected chi connectivity index (χ1v) is 23.2. The summed E-state index contributed by atoms with van der Waals surface area (Å²) in [5.74, 6) is 0. The van der Waals surface area contributed by atoms with E-state index in [0.29, 0.717) is 0 Å². The minimum absolute atomic E-state index is 0.619. The second-order valence-corrected chi connectivity index (χ2v) is 17.6. The Balaban J connectivity index is 1.02. The van der Waals surface area contributed by atoms with Crippen molar-refractivity contribution in [3.8, 4) is 89.0 Å². The minimum atomic E-state index is -0.619. The third-order valence-corrected chi connectivity index (χ3v) is 13.7. The SMILES string of the molecule is c1ccc(-c2cccc(-c3cccc(-c4cccc(C5(c6cccc(-c7cccc(-c8cccc(-c9ccccc9)c8)c7)c6)c6ccccc6-c6ccc(-c7ccccc7)cc65)c4)c3)c2)cc1. The predicted molar refractivity (Wildman–Crippen MR) is 282 cm³/mol. The molecule has 0 heteroatoms. The molecule has 0 nitrogen and oxygen atoms in total. The quantitative estimate of drug-likeness (QED) is 0.136. The zero-order chi connectivity index (χ0) is 44.6. The van der Waals surface area contributed by atoms with Gasteiger partial charge < -0.3 is 0 Å². The molecule has 0 aromatic heterocycles. The summed E-state index contributed by atoms with van der Waals surface area (Å²) in [5, 5.41) is 0. The molecule has 67 heavy (non-hydrogen) atoms. The van der Waals surface area contributed by atoms with Gasteiger partial charge in [-0.3, -0.25) is 0 Å². The molecule has 12 rings (SSSR count). The first kappa shape index (κ1) is 40.0. The second kappa shape index (κ2) is 17.1. The van der Waals surface area contributed by atoms with Crippen LogP contribution in [0.2, 0.25) is 0 Å². The number of hydrogen-bond acceptors (Lipinski definition) is 0. The van der Waals surface area contributed by atoms with Crippen molar-refractivity contribution in [3.63, 3.8) is 0 Å². The van der Waals surface area contributed by atoms with Gasteiger partial charge in [-0.25, -0.2) is 0 Å². The number of fused-ring (bicyclic) bond motifs is 3. The van der Waals surface area contributed by atoms with E-state index in [1.165, 1.54) is 111 Å². The molecule has 1 aliphatic rings. The fraction of sp³-hybridized carbons (Fsp3) is 0.0149. The van der Waals surface area contributed by atoms with Crippen molar-refractivity contribution in [1.29, 1.82) is 0 Å². The van der Waals surface area contributed by atoms with Gasteiger partial charge in [0, 0.05) is 0 Å². The van der Waals surface area contributed by atoms with E-state index in [9.17, 15) is 0 Å². The Morgan fingerprint density at radius 3 is 0.851 bits per heavy atom. The molecule has 11 aromatic carbocycles. The van der Waals surface area contributed by atoms with Crippen molar-refractivity contribution in [2.45, 2.75) is 5.41 Å². The molecule has 0 radical (unpaired) electrons. The summed E-state index contributed by atoms with van der Waals surface area (Å²) in [6, 6.07) is 103. The Hall–Kier alpha value is -8.58. The average Bonchev–Trinajstić information content (AvgIpc) is 3.72. The zero-order valence-electron chi connectivity index (χ0n) is 37.1. The maximum absolute atomic E-state index is 2.46. The van der Waals surface area contributed by atoms with Crippen LogP contribution in [0.3, 0.4) is 0 Å². The van der Waals surface area contributed by atoms with E-state index in [-0.39, 0.29) is 0 Å². The van der Waals surface area contributed by atoms with Gasteiger partial charge in [0.1, 0.15) is 0 Å². The molecule has 0 fully saturated rings. The van der Waals surface area contributed by atoms with Crippen molar-refractivity contribution in [3.05, 3.63) is 301 Å². The van der Waals surface area contributed by atoms with Crippen molar-refractivity contribution in [1.82, 2.24) is 0 Å². The van der Waals surface area contributed by atoms with Gasteiger partial charge in [0.15, 0.2) is 0 Å². The molecule has 0 aliphatic heterocycles. The first-order chi connectivity index (χ1) is 33.2. The van der Waals surface area contributed by atoms with E-state index in [1.807, 2.05) is 0 Å². The van der Waals surface area contributed by atoms with Crippen molar-refractivity contribution < 1.29 is 0 Å². The van der Waals surface area contributed by atoms with E-state index in [1.54, 1.807) is 0 Å². The third-order valence-electron chi connectivity index (χ3n) is 13.7. The summed E-state index contributed by atoms with van der Waals surface area (Å²) in [6.07, 6.45) is 0. The molecule has 0 saturated carbocycles. The van der Waals surface area contributed by atoms with Crippen LogP contribution >= 0.6 is 0 Å². The van der Waals surface area contributed by atoms with Gasteiger partial charge in [0.25, 0.3) is 0 Å². The van der Waals surface area contributed by atoms with E-state index >= 15 is 0 Å². The summed E-state index contributed by atoms with van der Waals surface area (Å²) in [5.41, 5.74) is 23.8. The van der Waals surface area contributed by atoms with E-state index < -0.39 is 5.41 Å². The van der Waals surface area contributed by atoms with Gasteiger partial charge in [-0.05, 0) is 154 Å². The Kier molecular flexibility index (Phi) is 10.2. The van der Waals surface area contributed by atoms with Gasteiger partial charge in [0.05, 0.1) is 5.41 Å². The number of benzene rings is 11. The highest BCUT2D eigenvalue weighted by atomic mass is 14.5. The molecule has 0 atom stereocenters. The highest BCUT2D eigenvalue weighted by Gasteiger charge is 2.46. The molecule has 0 heterocycles. The van der Waals surface area contributed by atoms with Gasteiger partial charge >= 0.3 is 0 Å². The van der Waals surface area contributed by atoms with Crippen molar-refractivity contribution in [2.24, 2.45) is 0 Å². The van der Waals surface area contributed by atoms with Crippen LogP contribution in [0.15, 0.2) is 279 Å². The van der Waals surface area contributed by atoms with Crippen LogP contribution in [0.4, 0.5) is 0 Å². The number of rotatable bonds is 9. The topological polar surface area (TPSA) is 0 Å². The van der Waals surface area contributed by atoms with Crippen LogP contribution in [0.5, 0.6) is 0 Å². The van der Waals surface area contributed by atoms with Crippen LogP contribution in [-0.2, 0) is 5.41 Å². The molecule has 0 unspecified atom stereocenters. The molecule has 11 aromatic rings. The molecule has 314 valence electrons. The summed E-state index contributed by atoms with van der Waals surface area (Å²) >= 11 is 0. The van der Waals surface area contributed by atoms with Crippen molar-refractivity contribution >= 4 is 0 Å². The smallest absolute Gasteiger partial charge is 0.0622 e. The molecule has 0 N–H and O–H groups in total. The molecule has 0 amide bonds. The average molecular weight is 851 g/mol. The summed E-state index contributed by atoms with van der Waals surface area (Å²) < 4.78 is 0. The molecule has 0 saturated heterocycles. The van der Waals surface area contributed by atoms with Crippen molar-refractivity contribution in [2.75, 3.05) is 0 Å². The lowest BCUT2D eigenvalue weighted by molar-refractivity contribution is 0.769. The standard InChI is InChI=1S/C67H46/c1-4-18-47(19-5-1)50-24-12-26-52(40-50)54-28-14-30-56(42-54)58-32-16-34-61(44-58)67(65-37-11-10-36-63(65)64-39-38-60(46-66(64)67)49-22-8-3-9-23-49)62-35-17-33-59(45-62)57-31-15-29-55(43-57)53-27-13-25-51(41-53)48-20-6-2-7-21-48/h1-46H. The monoisotopic (exact) mass is 850 g/mol. The van der Waals surface area contributed by atoms with Gasteiger partial charge in [0.2, 0.25) is 0 Å². The van der Waals surface area contributed by atoms with Crippen LogP contribution in [0, 0.1) is 0 Å². The highest BCUT2D eigenvalue weighted by Crippen LogP contribution is 2.57. The first-order valence-electron chi connectivity index (χ1n) is 23.2. The minimum Gasteiger partial charge on any atom is -0.0622 e. The van der Waals surface area contributed by atoms with Gasteiger partial charge in [-0.1, -0.05) is 237 Å². The normalized spacial score (nSPS) is 12.3. The second-order valence-electron chi connectivity index (χ2n) is 17.6. The molecular formula is C67H46. The molecule has 1 aliphatic carbocycles. The highest BCUT2D eigenvalue weighted by molar-refractivity contribution is 5.90. The molecule has 0 spiro atoms. The molecular weight excluding hydrogens is 805 g/mol. The lowest BCUT2D eigenvalue weighted by Crippen LogP contribution is -2.28. The largest absolute Gasteiger partial charge is 0.0714 e. The lowest BCUT2D eigenvalue weighted by atomic mass is 9.66. The summed E-state index contributed by atoms with van der Waals surface area (Å²) in [7, 11) is 0. The maximum Gasteiger partial charge on any atom is 0.0714 e. The maximum atomic E-state index is 2.46. The van der Waals surface area contributed by atoms with E-state index in [0.717, 1.165) is 0 Å². The Morgan fingerprint density at radius 2 is 0.448 bits per heavy atom. The Morgan fingerprint density at radius 1 is 0.164 bits per heavy atom. The Labute approximate surface area is 393 Å². The van der Waals surface area contributed by atoms with Crippen LogP contribution in [-0.4, -0.2) is 0 Å². The predicted octanol–water partition coefficient (Wildman–Crippen LogP) is 17.7. The summed E-state index contributed by atoms with van der Waals surface area (Å²) in [6.45, 7) is 0. The number of hydrogen-bond donors (Lipinski definition) is 0. The fourth-order valence-electron chi connectivity index (χ4n) is 10.5. The fourth-order valence-corrected chi connectivity index (χ4v) is 10.5. The van der Waals surface area contributed by atoms with Crippen LogP contribution in [0.1, 0.15) is 22.3 Å². The third kappa shape index (κ3) is 7.30. The van der Waals surface area contributed by atoms with Gasteiger partial charge in [-0.15, -0.1) is 0 Å². The van der Waals surface area contributed by atoms with Crippen LogP contribution < -0.4 is 0 Å². The van der Waals surface area contributed by atoms with E-state index in [4.69, 9.17) is 0 Å². The lowest BCUT2D eigenvalue weighted by Gasteiger charge is -2.35. The van der Waals surface area contributed by atoms with E-state index in [2.05, 4.69) is 279 Å².